The molecule has 0 unspecified atom stereocenters. The highest BCUT2D eigenvalue weighted by Gasteiger charge is 2.11. The van der Waals surface area contributed by atoms with Gasteiger partial charge in [-0.3, -0.25) is 4.79 Å². The second-order valence-electron chi connectivity index (χ2n) is 6.75. The van der Waals surface area contributed by atoms with Gasteiger partial charge >= 0.3 is 0 Å². The molecule has 27 heavy (non-hydrogen) atoms. The third-order valence-electron chi connectivity index (χ3n) is 4.56. The van der Waals surface area contributed by atoms with Crippen LogP contribution >= 0.6 is 0 Å². The Balaban J connectivity index is 2.09. The molecule has 2 aromatic rings. The first-order chi connectivity index (χ1) is 13.0. The van der Waals surface area contributed by atoms with Crippen molar-refractivity contribution in [3.05, 3.63) is 58.7 Å². The third-order valence-corrected chi connectivity index (χ3v) is 4.56. The minimum absolute atomic E-state index is 0.0541. The molecule has 0 radical (unpaired) electrons. The van der Waals surface area contributed by atoms with E-state index in [1.54, 1.807) is 6.07 Å². The fourth-order valence-corrected chi connectivity index (χ4v) is 2.77. The van der Waals surface area contributed by atoms with Crippen molar-refractivity contribution in [1.29, 1.82) is 0 Å². The van der Waals surface area contributed by atoms with E-state index < -0.39 is 0 Å². The van der Waals surface area contributed by atoms with Gasteiger partial charge in [0.25, 0.3) is 5.91 Å². The highest BCUT2D eigenvalue weighted by molar-refractivity contribution is 5.94. The summed E-state index contributed by atoms with van der Waals surface area (Å²) in [6, 6.07) is 11.6. The molecule has 0 aliphatic carbocycles. The molecular weight excluding hydrogens is 338 g/mol. The molecular formula is C23H31NO3. The predicted molar refractivity (Wildman–Crippen MR) is 110 cm³/mol. The van der Waals surface area contributed by atoms with Gasteiger partial charge in [0.15, 0.2) is 0 Å². The molecule has 146 valence electrons. The van der Waals surface area contributed by atoms with Crippen molar-refractivity contribution in [3.63, 3.8) is 0 Å². The highest BCUT2D eigenvalue weighted by atomic mass is 16.5. The molecule has 1 N–H and O–H groups in total. The standard InChI is InChI=1S/C23H31NO3/c1-5-7-8-13-24-23(25)19-10-12-22(26-6-2)20(15-19)16-27-21-11-9-17(3)18(4)14-21/h9-12,14-15H,5-8,13,16H2,1-4H3,(H,24,25). The van der Waals surface area contributed by atoms with Crippen molar-refractivity contribution in [1.82, 2.24) is 5.32 Å². The molecule has 4 nitrogen and oxygen atoms in total. The minimum atomic E-state index is -0.0541. The zero-order chi connectivity index (χ0) is 19.6. The minimum Gasteiger partial charge on any atom is -0.493 e. The number of carbonyl (C=O) groups excluding carboxylic acids is 1. The second kappa shape index (κ2) is 10.6. The molecule has 0 bridgehead atoms. The number of ether oxygens (including phenoxy) is 2. The van der Waals surface area contributed by atoms with Crippen molar-refractivity contribution in [3.8, 4) is 11.5 Å². The fourth-order valence-electron chi connectivity index (χ4n) is 2.77. The molecule has 0 spiro atoms. The zero-order valence-electron chi connectivity index (χ0n) is 16.9. The number of aryl methyl sites for hydroxylation is 2. The lowest BCUT2D eigenvalue weighted by atomic mass is 10.1. The summed E-state index contributed by atoms with van der Waals surface area (Å²) in [5.74, 6) is 1.51. The normalized spacial score (nSPS) is 10.5. The first-order valence-corrected chi connectivity index (χ1v) is 9.79. The van der Waals surface area contributed by atoms with Gasteiger partial charge in [-0.25, -0.2) is 0 Å². The maximum atomic E-state index is 12.4. The van der Waals surface area contributed by atoms with E-state index in [9.17, 15) is 4.79 Å². The van der Waals surface area contributed by atoms with Crippen LogP contribution < -0.4 is 14.8 Å². The lowest BCUT2D eigenvalue weighted by Crippen LogP contribution is -2.24. The average Bonchev–Trinajstić information content (AvgIpc) is 2.67. The zero-order valence-corrected chi connectivity index (χ0v) is 16.9. The fraction of sp³-hybridized carbons (Fsp3) is 0.435. The van der Waals surface area contributed by atoms with Crippen LogP contribution in [-0.2, 0) is 6.61 Å². The van der Waals surface area contributed by atoms with Crippen LogP contribution in [0.25, 0.3) is 0 Å². The van der Waals surface area contributed by atoms with E-state index in [-0.39, 0.29) is 5.91 Å². The number of hydrogen-bond donors (Lipinski definition) is 1. The van der Waals surface area contributed by atoms with Crippen LogP contribution in [0.5, 0.6) is 11.5 Å². The summed E-state index contributed by atoms with van der Waals surface area (Å²) in [6.07, 6.45) is 3.26. The summed E-state index contributed by atoms with van der Waals surface area (Å²) in [7, 11) is 0. The smallest absolute Gasteiger partial charge is 0.251 e. The predicted octanol–water partition coefficient (Wildman–Crippen LogP) is 5.20. The molecule has 0 fully saturated rings. The number of benzene rings is 2. The summed E-state index contributed by atoms with van der Waals surface area (Å²) in [4.78, 5) is 12.4. The van der Waals surface area contributed by atoms with Crippen molar-refractivity contribution < 1.29 is 14.3 Å². The molecule has 0 aromatic heterocycles. The largest absolute Gasteiger partial charge is 0.493 e. The van der Waals surface area contributed by atoms with E-state index in [1.807, 2.05) is 37.3 Å². The summed E-state index contributed by atoms with van der Waals surface area (Å²) < 4.78 is 11.7. The Labute approximate surface area is 162 Å². The van der Waals surface area contributed by atoms with Gasteiger partial charge in [0.05, 0.1) is 6.61 Å². The molecule has 1 amide bonds. The maximum Gasteiger partial charge on any atom is 0.251 e. The molecule has 0 heterocycles. The van der Waals surface area contributed by atoms with Crippen LogP contribution in [0.4, 0.5) is 0 Å². The Morgan fingerprint density at radius 3 is 2.48 bits per heavy atom. The quantitative estimate of drug-likeness (QED) is 0.586. The van der Waals surface area contributed by atoms with E-state index >= 15 is 0 Å². The van der Waals surface area contributed by atoms with Gasteiger partial charge in [0.1, 0.15) is 18.1 Å². The number of rotatable bonds is 10. The monoisotopic (exact) mass is 369 g/mol. The number of hydrogen-bond acceptors (Lipinski definition) is 3. The Bertz CT molecular complexity index is 755. The van der Waals surface area contributed by atoms with Crippen molar-refractivity contribution in [2.45, 2.75) is 53.6 Å². The maximum absolute atomic E-state index is 12.4. The van der Waals surface area contributed by atoms with Crippen LogP contribution in [0, 0.1) is 13.8 Å². The van der Waals surface area contributed by atoms with Gasteiger partial charge in [-0.05, 0) is 68.7 Å². The van der Waals surface area contributed by atoms with Gasteiger partial charge in [0, 0.05) is 17.7 Å². The molecule has 2 rings (SSSR count). The lowest BCUT2D eigenvalue weighted by Gasteiger charge is -2.14. The topological polar surface area (TPSA) is 47.6 Å². The molecule has 0 saturated carbocycles. The Kier molecular flexibility index (Phi) is 8.18. The SMILES string of the molecule is CCCCCNC(=O)c1ccc(OCC)c(COc2ccc(C)c(C)c2)c1. The summed E-state index contributed by atoms with van der Waals surface area (Å²) >= 11 is 0. The second-order valence-corrected chi connectivity index (χ2v) is 6.75. The van der Waals surface area contributed by atoms with E-state index in [2.05, 4.69) is 26.1 Å². The van der Waals surface area contributed by atoms with Gasteiger partial charge in [-0.2, -0.15) is 0 Å². The number of unbranched alkanes of at least 4 members (excludes halogenated alkanes) is 2. The Morgan fingerprint density at radius 2 is 1.78 bits per heavy atom. The van der Waals surface area contributed by atoms with E-state index in [0.717, 1.165) is 36.3 Å². The van der Waals surface area contributed by atoms with Crippen LogP contribution in [0.15, 0.2) is 36.4 Å². The Morgan fingerprint density at radius 1 is 0.963 bits per heavy atom. The number of carbonyl (C=O) groups is 1. The third kappa shape index (κ3) is 6.31. The van der Waals surface area contributed by atoms with Gasteiger partial charge in [-0.15, -0.1) is 0 Å². The molecule has 2 aromatic carbocycles. The molecule has 0 saturated heterocycles. The summed E-state index contributed by atoms with van der Waals surface area (Å²) in [5.41, 5.74) is 3.93. The van der Waals surface area contributed by atoms with Crippen molar-refractivity contribution in [2.75, 3.05) is 13.2 Å². The van der Waals surface area contributed by atoms with Gasteiger partial charge in [-0.1, -0.05) is 25.8 Å². The number of nitrogens with one attached hydrogen (secondary N) is 1. The molecule has 0 atom stereocenters. The van der Waals surface area contributed by atoms with E-state index in [4.69, 9.17) is 9.47 Å². The summed E-state index contributed by atoms with van der Waals surface area (Å²) in [6.45, 7) is 9.87. The van der Waals surface area contributed by atoms with Crippen LogP contribution in [0.2, 0.25) is 0 Å². The lowest BCUT2D eigenvalue weighted by molar-refractivity contribution is 0.0952. The highest BCUT2D eigenvalue weighted by Crippen LogP contribution is 2.24. The van der Waals surface area contributed by atoms with Crippen molar-refractivity contribution >= 4 is 5.91 Å². The summed E-state index contributed by atoms with van der Waals surface area (Å²) in [5, 5.41) is 2.98. The van der Waals surface area contributed by atoms with E-state index in [0.29, 0.717) is 25.3 Å². The van der Waals surface area contributed by atoms with E-state index in [1.165, 1.54) is 11.1 Å². The van der Waals surface area contributed by atoms with Crippen molar-refractivity contribution in [2.24, 2.45) is 0 Å². The van der Waals surface area contributed by atoms with Gasteiger partial charge < -0.3 is 14.8 Å². The van der Waals surface area contributed by atoms with Crippen LogP contribution in [0.1, 0.15) is 60.2 Å². The first kappa shape index (κ1) is 20.8. The van der Waals surface area contributed by atoms with Crippen LogP contribution in [-0.4, -0.2) is 19.1 Å². The van der Waals surface area contributed by atoms with Gasteiger partial charge in [0.2, 0.25) is 0 Å². The van der Waals surface area contributed by atoms with Crippen LogP contribution in [0.3, 0.4) is 0 Å². The first-order valence-electron chi connectivity index (χ1n) is 9.79. The Hall–Kier alpha value is -2.49. The molecule has 0 aliphatic heterocycles. The molecule has 0 aliphatic rings. The molecule has 4 heteroatoms. The number of amides is 1. The average molecular weight is 370 g/mol.